The number of rotatable bonds is 5. The molecule has 1 aliphatic heterocycles. The Kier molecular flexibility index (Phi) is 4.56. The molecule has 0 saturated heterocycles. The minimum absolute atomic E-state index is 0.104. The van der Waals surface area contributed by atoms with Crippen LogP contribution in [-0.4, -0.2) is 49.1 Å². The van der Waals surface area contributed by atoms with E-state index in [-0.39, 0.29) is 10.7 Å². The summed E-state index contributed by atoms with van der Waals surface area (Å²) in [6.07, 6.45) is 6.53. The first-order valence-electron chi connectivity index (χ1n) is 7.60. The zero-order valence-electron chi connectivity index (χ0n) is 13.9. The number of carbonyl (C=O) groups excluding carboxylic acids is 1. The number of benzene rings is 1. The zero-order valence-corrected chi connectivity index (χ0v) is 14.7. The van der Waals surface area contributed by atoms with Gasteiger partial charge in [0.1, 0.15) is 5.69 Å². The second-order valence-electron chi connectivity index (χ2n) is 5.73. The van der Waals surface area contributed by atoms with Crippen LogP contribution >= 0.6 is 0 Å². The highest BCUT2D eigenvalue weighted by Gasteiger charge is 2.19. The monoisotopic (exact) mass is 358 g/mol. The lowest BCUT2D eigenvalue weighted by Gasteiger charge is -2.17. The summed E-state index contributed by atoms with van der Waals surface area (Å²) in [4.78, 5) is 19.1. The van der Waals surface area contributed by atoms with Gasteiger partial charge in [0.2, 0.25) is 15.8 Å². The van der Waals surface area contributed by atoms with Gasteiger partial charge in [0.25, 0.3) is 0 Å². The topological polar surface area (TPSA) is 95.2 Å². The molecule has 1 aromatic carbocycles. The predicted molar refractivity (Wildman–Crippen MR) is 94.3 cm³/mol. The van der Waals surface area contributed by atoms with Crippen LogP contribution in [0.5, 0.6) is 0 Å². The summed E-state index contributed by atoms with van der Waals surface area (Å²) in [6.45, 7) is 0.390. The Morgan fingerprint density at radius 3 is 2.40 bits per heavy atom. The minimum Gasteiger partial charge on any atom is -0.380 e. The smallest absolute Gasteiger partial charge is 0.242 e. The second-order valence-corrected chi connectivity index (χ2v) is 7.88. The van der Waals surface area contributed by atoms with Gasteiger partial charge in [0, 0.05) is 31.9 Å². The molecular formula is C17H18N4O3S. The van der Waals surface area contributed by atoms with Crippen molar-refractivity contribution in [2.45, 2.75) is 4.90 Å². The lowest BCUT2D eigenvalue weighted by molar-refractivity contribution is 0.102. The molecule has 0 fully saturated rings. The maximum atomic E-state index is 12.2. The summed E-state index contributed by atoms with van der Waals surface area (Å²) < 4.78 is 25.4. The lowest BCUT2D eigenvalue weighted by Crippen LogP contribution is -2.23. The van der Waals surface area contributed by atoms with Crippen LogP contribution in [0.3, 0.4) is 0 Å². The van der Waals surface area contributed by atoms with Crippen LogP contribution in [0.2, 0.25) is 0 Å². The molecule has 25 heavy (non-hydrogen) atoms. The molecule has 2 N–H and O–H groups in total. The molecule has 7 nitrogen and oxygen atoms in total. The highest BCUT2D eigenvalue weighted by atomic mass is 32.2. The number of sulfonamides is 1. The molecule has 3 rings (SSSR count). The van der Waals surface area contributed by atoms with E-state index in [0.717, 1.165) is 11.3 Å². The van der Waals surface area contributed by atoms with Crippen LogP contribution in [0.4, 0.5) is 0 Å². The summed E-state index contributed by atoms with van der Waals surface area (Å²) >= 11 is 0. The highest BCUT2D eigenvalue weighted by molar-refractivity contribution is 7.89. The molecule has 0 atom stereocenters. The van der Waals surface area contributed by atoms with Gasteiger partial charge < -0.3 is 10.3 Å². The SMILES string of the molecule is CN(C)S(=O)(=O)c1ccc(C2=CC=C(C(=O)c3cnc[nH]3)CN2)cc1. The molecule has 0 bridgehead atoms. The number of Topliss-reactive ketones (excluding diaryl/α,β-unsaturated/α-hetero) is 1. The normalized spacial score (nSPS) is 14.7. The fraction of sp³-hybridized carbons (Fsp3) is 0.176. The van der Waals surface area contributed by atoms with Crippen molar-refractivity contribution in [2.75, 3.05) is 20.6 Å². The Morgan fingerprint density at radius 1 is 1.16 bits per heavy atom. The van der Waals surface area contributed by atoms with Crippen molar-refractivity contribution in [2.24, 2.45) is 0 Å². The first kappa shape index (κ1) is 17.1. The van der Waals surface area contributed by atoms with E-state index in [4.69, 9.17) is 0 Å². The number of allylic oxidation sites excluding steroid dienone is 2. The van der Waals surface area contributed by atoms with Gasteiger partial charge in [-0.2, -0.15) is 0 Å². The maximum Gasteiger partial charge on any atom is 0.242 e. The Bertz CT molecular complexity index is 940. The van der Waals surface area contributed by atoms with Gasteiger partial charge in [0.15, 0.2) is 0 Å². The molecule has 0 spiro atoms. The lowest BCUT2D eigenvalue weighted by atomic mass is 10.0. The molecule has 0 aliphatic carbocycles. The van der Waals surface area contributed by atoms with Crippen LogP contribution in [0, 0.1) is 0 Å². The average Bonchev–Trinajstić information content (AvgIpc) is 3.16. The number of H-pyrrole nitrogens is 1. The summed E-state index contributed by atoms with van der Waals surface area (Å²) in [6, 6.07) is 6.62. The van der Waals surface area contributed by atoms with Crippen LogP contribution < -0.4 is 5.32 Å². The summed E-state index contributed by atoms with van der Waals surface area (Å²) in [5, 5.41) is 3.19. The third-order valence-electron chi connectivity index (χ3n) is 3.90. The van der Waals surface area contributed by atoms with E-state index in [1.165, 1.54) is 30.9 Å². The van der Waals surface area contributed by atoms with Crippen LogP contribution in [0.25, 0.3) is 5.70 Å². The van der Waals surface area contributed by atoms with Crippen molar-refractivity contribution in [3.8, 4) is 0 Å². The van der Waals surface area contributed by atoms with E-state index in [2.05, 4.69) is 15.3 Å². The van der Waals surface area contributed by atoms with Crippen molar-refractivity contribution >= 4 is 21.5 Å². The maximum absolute atomic E-state index is 12.2. The Balaban J connectivity index is 1.81. The van der Waals surface area contributed by atoms with E-state index in [1.54, 1.807) is 30.3 Å². The summed E-state index contributed by atoms with van der Waals surface area (Å²) in [5.41, 5.74) is 2.75. The molecule has 1 aromatic heterocycles. The van der Waals surface area contributed by atoms with Gasteiger partial charge >= 0.3 is 0 Å². The average molecular weight is 358 g/mol. The molecule has 0 amide bonds. The van der Waals surface area contributed by atoms with Gasteiger partial charge in [-0.15, -0.1) is 0 Å². The second kappa shape index (κ2) is 6.66. The van der Waals surface area contributed by atoms with E-state index in [0.29, 0.717) is 17.8 Å². The van der Waals surface area contributed by atoms with E-state index in [1.807, 2.05) is 6.08 Å². The van der Waals surface area contributed by atoms with E-state index in [9.17, 15) is 13.2 Å². The Morgan fingerprint density at radius 2 is 1.88 bits per heavy atom. The van der Waals surface area contributed by atoms with Crippen molar-refractivity contribution in [3.05, 3.63) is 65.8 Å². The van der Waals surface area contributed by atoms with Crippen molar-refractivity contribution in [1.82, 2.24) is 19.6 Å². The number of aromatic nitrogens is 2. The number of aromatic amines is 1. The van der Waals surface area contributed by atoms with Gasteiger partial charge in [-0.1, -0.05) is 18.2 Å². The molecule has 0 saturated carbocycles. The van der Waals surface area contributed by atoms with Crippen molar-refractivity contribution in [3.63, 3.8) is 0 Å². The molecule has 2 heterocycles. The van der Waals surface area contributed by atoms with Crippen molar-refractivity contribution in [1.29, 1.82) is 0 Å². The number of nitrogens with zero attached hydrogens (tertiary/aromatic N) is 2. The standard InChI is InChI=1S/C17H18N4O3S/c1-21(2)25(23,24)14-6-3-12(4-7-14)15-8-5-13(9-19-15)17(22)16-10-18-11-20-16/h3-8,10-11,19H,9H2,1-2H3,(H,18,20). The number of hydrogen-bond acceptors (Lipinski definition) is 5. The highest BCUT2D eigenvalue weighted by Crippen LogP contribution is 2.20. The number of hydrogen-bond donors (Lipinski definition) is 2. The molecular weight excluding hydrogens is 340 g/mol. The zero-order chi connectivity index (χ0) is 18.0. The van der Waals surface area contributed by atoms with Gasteiger partial charge in [-0.05, 0) is 23.8 Å². The summed E-state index contributed by atoms with van der Waals surface area (Å²) in [7, 11) is -0.447. The number of nitrogens with one attached hydrogen (secondary N) is 2. The van der Waals surface area contributed by atoms with Gasteiger partial charge in [-0.3, -0.25) is 4.79 Å². The Labute approximate surface area is 146 Å². The summed E-state index contributed by atoms with van der Waals surface area (Å²) in [5.74, 6) is -0.104. The van der Waals surface area contributed by atoms with Crippen molar-refractivity contribution < 1.29 is 13.2 Å². The largest absolute Gasteiger partial charge is 0.380 e. The first-order chi connectivity index (χ1) is 11.9. The molecule has 1 aliphatic rings. The number of ketones is 1. The molecule has 0 unspecified atom stereocenters. The van der Waals surface area contributed by atoms with E-state index < -0.39 is 10.0 Å². The predicted octanol–water partition coefficient (Wildman–Crippen LogP) is 1.41. The van der Waals surface area contributed by atoms with Gasteiger partial charge in [-0.25, -0.2) is 17.7 Å². The number of imidazole rings is 1. The Hall–Kier alpha value is -2.71. The van der Waals surface area contributed by atoms with Crippen LogP contribution in [0.15, 0.2) is 59.4 Å². The number of carbonyl (C=O) groups is 1. The first-order valence-corrected chi connectivity index (χ1v) is 9.04. The minimum atomic E-state index is -3.44. The number of dihydropyridines is 1. The third kappa shape index (κ3) is 3.40. The molecule has 2 aromatic rings. The molecule has 130 valence electrons. The molecule has 8 heteroatoms. The quantitative estimate of drug-likeness (QED) is 0.788. The fourth-order valence-corrected chi connectivity index (χ4v) is 3.32. The van der Waals surface area contributed by atoms with Crippen LogP contribution in [-0.2, 0) is 10.0 Å². The van der Waals surface area contributed by atoms with Crippen LogP contribution in [0.1, 0.15) is 16.1 Å². The fourth-order valence-electron chi connectivity index (χ4n) is 2.42. The molecule has 0 radical (unpaired) electrons. The van der Waals surface area contributed by atoms with Gasteiger partial charge in [0.05, 0.1) is 17.4 Å². The van der Waals surface area contributed by atoms with E-state index >= 15 is 0 Å². The third-order valence-corrected chi connectivity index (χ3v) is 5.73.